The zero-order valence-corrected chi connectivity index (χ0v) is 12.6. The van der Waals surface area contributed by atoms with E-state index in [9.17, 15) is 9.59 Å². The van der Waals surface area contributed by atoms with Crippen molar-refractivity contribution in [1.82, 2.24) is 19.6 Å². The molecule has 0 radical (unpaired) electrons. The number of fused-ring (bicyclic) bond motifs is 1. The maximum Gasteiger partial charge on any atom is 0.311 e. The van der Waals surface area contributed by atoms with Gasteiger partial charge in [0, 0.05) is 9.92 Å². The number of nitrogens with one attached hydrogen (secondary N) is 1. The van der Waals surface area contributed by atoms with Gasteiger partial charge in [-0.25, -0.2) is 9.50 Å². The van der Waals surface area contributed by atoms with Crippen LogP contribution in [-0.2, 0) is 11.2 Å². The van der Waals surface area contributed by atoms with Crippen LogP contribution in [0.4, 0.5) is 0 Å². The Hall–Kier alpha value is -2.32. The molecule has 0 saturated heterocycles. The van der Waals surface area contributed by atoms with Crippen molar-refractivity contribution >= 4 is 34.8 Å². The smallest absolute Gasteiger partial charge is 0.311 e. The third-order valence-corrected chi connectivity index (χ3v) is 4.05. The summed E-state index contributed by atoms with van der Waals surface area (Å²) in [7, 11) is 0. The van der Waals surface area contributed by atoms with Gasteiger partial charge < -0.3 is 10.1 Å². The molecule has 22 heavy (non-hydrogen) atoms. The average Bonchev–Trinajstić information content (AvgIpc) is 2.80. The normalized spacial score (nSPS) is 11.0. The number of aliphatic carboxylic acids is 1. The van der Waals surface area contributed by atoms with Crippen LogP contribution in [0, 0.1) is 0 Å². The van der Waals surface area contributed by atoms with E-state index >= 15 is 0 Å². The predicted octanol–water partition coefficient (Wildman–Crippen LogP) is 1.85. The first-order valence-corrected chi connectivity index (χ1v) is 7.34. The number of H-pyrrole nitrogens is 1. The fourth-order valence-corrected chi connectivity index (χ4v) is 2.95. The molecule has 0 fully saturated rings. The molecule has 112 valence electrons. The van der Waals surface area contributed by atoms with Crippen LogP contribution < -0.4 is 5.56 Å². The van der Waals surface area contributed by atoms with Crippen molar-refractivity contribution in [3.8, 4) is 0 Å². The largest absolute Gasteiger partial charge is 0.481 e. The lowest BCUT2D eigenvalue weighted by molar-refractivity contribution is -0.136. The highest BCUT2D eigenvalue weighted by atomic mass is 35.5. The molecular formula is C13H9ClN4O3S. The third-order valence-electron chi connectivity index (χ3n) is 2.81. The minimum absolute atomic E-state index is 0.199. The first-order valence-electron chi connectivity index (χ1n) is 6.15. The minimum atomic E-state index is -1.04. The molecule has 0 saturated carbocycles. The van der Waals surface area contributed by atoms with E-state index < -0.39 is 5.97 Å². The van der Waals surface area contributed by atoms with Crippen LogP contribution >= 0.6 is 23.4 Å². The molecule has 0 aliphatic carbocycles. The molecule has 0 aliphatic heterocycles. The van der Waals surface area contributed by atoms with Gasteiger partial charge in [0.05, 0.1) is 0 Å². The van der Waals surface area contributed by atoms with Crippen molar-refractivity contribution in [2.75, 3.05) is 0 Å². The van der Waals surface area contributed by atoms with E-state index in [4.69, 9.17) is 16.7 Å². The SMILES string of the molecule is O=C(O)Cc1nc(Sc2ccc(Cl)cc2)c2c(=O)[nH]cnn12. The Labute approximate surface area is 133 Å². The summed E-state index contributed by atoms with van der Waals surface area (Å²) in [6.07, 6.45) is 0.887. The zero-order valence-electron chi connectivity index (χ0n) is 11.0. The highest BCUT2D eigenvalue weighted by Crippen LogP contribution is 2.30. The standard InChI is InChI=1S/C13H9ClN4O3S/c14-7-1-3-8(4-2-7)22-13-11-12(21)15-6-16-18(11)9(17-13)5-10(19)20/h1-4,6H,5H2,(H,19,20)(H,15,16,21). The Morgan fingerprint density at radius 3 is 2.77 bits per heavy atom. The van der Waals surface area contributed by atoms with Crippen LogP contribution in [0.15, 0.2) is 45.3 Å². The van der Waals surface area contributed by atoms with E-state index in [-0.39, 0.29) is 23.3 Å². The number of rotatable bonds is 4. The molecule has 0 spiro atoms. The highest BCUT2D eigenvalue weighted by molar-refractivity contribution is 7.99. The Balaban J connectivity index is 2.10. The van der Waals surface area contributed by atoms with Gasteiger partial charge in [-0.3, -0.25) is 9.59 Å². The van der Waals surface area contributed by atoms with E-state index in [2.05, 4.69) is 15.1 Å². The van der Waals surface area contributed by atoms with Crippen LogP contribution in [-0.4, -0.2) is 30.7 Å². The van der Waals surface area contributed by atoms with E-state index in [0.29, 0.717) is 10.0 Å². The molecular weight excluding hydrogens is 328 g/mol. The van der Waals surface area contributed by atoms with Crippen LogP contribution in [0.1, 0.15) is 5.82 Å². The predicted molar refractivity (Wildman–Crippen MR) is 80.5 cm³/mol. The van der Waals surface area contributed by atoms with Crippen LogP contribution in [0.25, 0.3) is 5.52 Å². The molecule has 3 rings (SSSR count). The number of carboxylic acid groups (broad SMARTS) is 1. The van der Waals surface area contributed by atoms with Gasteiger partial charge in [-0.2, -0.15) is 5.10 Å². The summed E-state index contributed by atoms with van der Waals surface area (Å²) in [6, 6.07) is 7.03. The highest BCUT2D eigenvalue weighted by Gasteiger charge is 2.18. The maximum absolute atomic E-state index is 12.0. The average molecular weight is 337 g/mol. The first-order chi connectivity index (χ1) is 10.5. The van der Waals surface area contributed by atoms with Crippen molar-refractivity contribution in [3.05, 3.63) is 51.8 Å². The fraction of sp³-hybridized carbons (Fsp3) is 0.0769. The van der Waals surface area contributed by atoms with Gasteiger partial charge in [0.2, 0.25) is 0 Å². The molecule has 9 heteroatoms. The van der Waals surface area contributed by atoms with Crippen LogP contribution in [0.2, 0.25) is 5.02 Å². The summed E-state index contributed by atoms with van der Waals surface area (Å²) >= 11 is 7.08. The molecule has 0 atom stereocenters. The number of carbonyl (C=O) groups is 1. The summed E-state index contributed by atoms with van der Waals surface area (Å²) in [6.45, 7) is 0. The second-order valence-electron chi connectivity index (χ2n) is 4.34. The van der Waals surface area contributed by atoms with Gasteiger partial charge in [0.15, 0.2) is 5.52 Å². The molecule has 0 amide bonds. The molecule has 2 aromatic heterocycles. The van der Waals surface area contributed by atoms with Crippen molar-refractivity contribution < 1.29 is 9.90 Å². The van der Waals surface area contributed by atoms with Gasteiger partial charge in [-0.05, 0) is 24.3 Å². The Morgan fingerprint density at radius 1 is 1.36 bits per heavy atom. The number of aromatic nitrogens is 4. The monoisotopic (exact) mass is 336 g/mol. The Morgan fingerprint density at radius 2 is 2.09 bits per heavy atom. The van der Waals surface area contributed by atoms with E-state index in [0.717, 1.165) is 4.90 Å². The van der Waals surface area contributed by atoms with E-state index in [1.807, 2.05) is 0 Å². The van der Waals surface area contributed by atoms with E-state index in [1.165, 1.54) is 22.6 Å². The molecule has 1 aromatic carbocycles. The summed E-state index contributed by atoms with van der Waals surface area (Å²) in [4.78, 5) is 30.5. The number of hydrogen-bond acceptors (Lipinski definition) is 5. The lowest BCUT2D eigenvalue weighted by Gasteiger charge is -1.98. The fourth-order valence-electron chi connectivity index (χ4n) is 1.90. The van der Waals surface area contributed by atoms with Crippen molar-refractivity contribution in [2.45, 2.75) is 16.3 Å². The van der Waals surface area contributed by atoms with Crippen LogP contribution in [0.3, 0.4) is 0 Å². The number of benzene rings is 1. The van der Waals surface area contributed by atoms with Crippen molar-refractivity contribution in [1.29, 1.82) is 0 Å². The quantitative estimate of drug-likeness (QED) is 0.754. The van der Waals surface area contributed by atoms with Gasteiger partial charge in [0.25, 0.3) is 5.56 Å². The molecule has 7 nitrogen and oxygen atoms in total. The number of hydrogen-bond donors (Lipinski definition) is 2. The topological polar surface area (TPSA) is 100 Å². The molecule has 2 N–H and O–H groups in total. The lowest BCUT2D eigenvalue weighted by Crippen LogP contribution is -2.13. The second-order valence-corrected chi connectivity index (χ2v) is 5.84. The van der Waals surface area contributed by atoms with Gasteiger partial charge in [-0.15, -0.1) is 0 Å². The summed E-state index contributed by atoms with van der Waals surface area (Å²) in [5.74, 6) is -0.845. The molecule has 3 aromatic rings. The molecule has 0 bridgehead atoms. The number of halogens is 1. The summed E-state index contributed by atoms with van der Waals surface area (Å²) < 4.78 is 1.26. The van der Waals surface area contributed by atoms with Gasteiger partial charge in [0.1, 0.15) is 23.6 Å². The van der Waals surface area contributed by atoms with Crippen LogP contribution in [0.5, 0.6) is 0 Å². The molecule has 0 unspecified atom stereocenters. The Kier molecular flexibility index (Phi) is 3.86. The lowest BCUT2D eigenvalue weighted by atomic mass is 10.4. The minimum Gasteiger partial charge on any atom is -0.481 e. The number of carboxylic acids is 1. The van der Waals surface area contributed by atoms with E-state index in [1.54, 1.807) is 24.3 Å². The second kappa shape index (κ2) is 5.82. The first kappa shape index (κ1) is 14.6. The van der Waals surface area contributed by atoms with Crippen molar-refractivity contribution in [2.24, 2.45) is 0 Å². The number of aromatic amines is 1. The Bertz CT molecular complexity index is 904. The van der Waals surface area contributed by atoms with Gasteiger partial charge in [-0.1, -0.05) is 23.4 Å². The maximum atomic E-state index is 12.0. The zero-order chi connectivity index (χ0) is 15.7. The number of imidazole rings is 1. The molecule has 0 aliphatic rings. The molecule has 2 heterocycles. The summed E-state index contributed by atoms with van der Waals surface area (Å²) in [5.41, 5.74) is -0.158. The summed E-state index contributed by atoms with van der Waals surface area (Å²) in [5, 5.41) is 13.9. The number of nitrogens with zero attached hydrogens (tertiary/aromatic N) is 3. The van der Waals surface area contributed by atoms with Crippen molar-refractivity contribution in [3.63, 3.8) is 0 Å². The third kappa shape index (κ3) is 2.83. The van der Waals surface area contributed by atoms with Gasteiger partial charge >= 0.3 is 5.97 Å².